The van der Waals surface area contributed by atoms with Crippen LogP contribution >= 0.6 is 11.8 Å². The van der Waals surface area contributed by atoms with Crippen LogP contribution in [0.2, 0.25) is 0 Å². The Balaban J connectivity index is 2.23. The largest absolute Gasteiger partial charge is 0.287 e. The lowest BCUT2D eigenvalue weighted by molar-refractivity contribution is -0.111. The summed E-state index contributed by atoms with van der Waals surface area (Å²) in [4.78, 5) is 15.8. The third-order valence-electron chi connectivity index (χ3n) is 2.90. The molecule has 2 nitrogen and oxygen atoms in total. The zero-order chi connectivity index (χ0) is 9.76. The van der Waals surface area contributed by atoms with Gasteiger partial charge in [0.1, 0.15) is 0 Å². The Morgan fingerprint density at radius 1 is 1.43 bits per heavy atom. The third-order valence-corrected chi connectivity index (χ3v) is 4.01. The second kappa shape index (κ2) is 2.48. The van der Waals surface area contributed by atoms with Crippen LogP contribution in [0.15, 0.2) is 29.3 Å². The third kappa shape index (κ3) is 0.879. The average Bonchev–Trinajstić information content (AvgIpc) is 2.55. The van der Waals surface area contributed by atoms with Gasteiger partial charge in [0.05, 0.1) is 16.1 Å². The molecule has 0 bridgehead atoms. The molecule has 1 fully saturated rings. The summed E-state index contributed by atoms with van der Waals surface area (Å²) in [6.07, 6.45) is 0.591. The maximum absolute atomic E-state index is 11.4. The predicted molar refractivity (Wildman–Crippen MR) is 58.1 cm³/mol. The highest BCUT2D eigenvalue weighted by Gasteiger charge is 2.47. The molecule has 70 valence electrons. The molecule has 1 aromatic carbocycles. The van der Waals surface area contributed by atoms with Crippen LogP contribution in [-0.2, 0) is 10.2 Å². The molecule has 0 aromatic heterocycles. The van der Waals surface area contributed by atoms with Crippen molar-refractivity contribution in [2.45, 2.75) is 18.8 Å². The van der Waals surface area contributed by atoms with E-state index in [0.717, 1.165) is 10.7 Å². The van der Waals surface area contributed by atoms with Crippen LogP contribution in [0.1, 0.15) is 18.9 Å². The van der Waals surface area contributed by atoms with Gasteiger partial charge in [-0.25, -0.2) is 4.99 Å². The van der Waals surface area contributed by atoms with Gasteiger partial charge >= 0.3 is 0 Å². The number of carbonyl (C=O) groups is 1. The molecule has 0 saturated carbocycles. The number of carbonyl (C=O) groups excluding carboxylic acids is 1. The van der Waals surface area contributed by atoms with Crippen LogP contribution in [0.5, 0.6) is 0 Å². The lowest BCUT2D eigenvalue weighted by atomic mass is 9.82. The van der Waals surface area contributed by atoms with E-state index >= 15 is 0 Å². The number of fused-ring (bicyclic) bond motifs is 3. The van der Waals surface area contributed by atoms with Crippen LogP contribution in [-0.4, -0.2) is 10.2 Å². The van der Waals surface area contributed by atoms with E-state index in [0.29, 0.717) is 6.42 Å². The highest BCUT2D eigenvalue weighted by Crippen LogP contribution is 2.50. The van der Waals surface area contributed by atoms with E-state index in [9.17, 15) is 4.79 Å². The molecule has 2 aliphatic rings. The Hall–Kier alpha value is -1.09. The summed E-state index contributed by atoms with van der Waals surface area (Å²) in [5.74, 6) is 0. The number of aliphatic imine (C=N–C) groups is 1. The van der Waals surface area contributed by atoms with Gasteiger partial charge in [-0.05, 0) is 30.3 Å². The Morgan fingerprint density at radius 2 is 2.21 bits per heavy atom. The molecular formula is C11H9NOS. The summed E-state index contributed by atoms with van der Waals surface area (Å²) in [6, 6.07) is 8.08. The van der Waals surface area contributed by atoms with Crippen molar-refractivity contribution in [3.63, 3.8) is 0 Å². The number of nitrogens with zero attached hydrogens (tertiary/aromatic N) is 1. The van der Waals surface area contributed by atoms with Crippen LogP contribution in [0.25, 0.3) is 0 Å². The number of hydrogen-bond donors (Lipinski definition) is 0. The molecule has 1 aromatic rings. The minimum Gasteiger partial charge on any atom is -0.287 e. The molecule has 3 heteroatoms. The Labute approximate surface area is 86.4 Å². The quantitative estimate of drug-likeness (QED) is 0.648. The van der Waals surface area contributed by atoms with Crippen LogP contribution in [0.4, 0.5) is 5.69 Å². The van der Waals surface area contributed by atoms with Gasteiger partial charge in [-0.2, -0.15) is 0 Å². The molecular weight excluding hydrogens is 194 g/mol. The second-order valence-electron chi connectivity index (χ2n) is 3.92. The normalized spacial score (nSPS) is 28.6. The van der Waals surface area contributed by atoms with Crippen molar-refractivity contribution < 1.29 is 4.79 Å². The minimum absolute atomic E-state index is 0.127. The molecule has 1 atom stereocenters. The first kappa shape index (κ1) is 8.24. The molecule has 2 heterocycles. The number of hydrogen-bond acceptors (Lipinski definition) is 3. The molecule has 0 N–H and O–H groups in total. The first-order valence-electron chi connectivity index (χ1n) is 4.59. The fourth-order valence-electron chi connectivity index (χ4n) is 2.12. The minimum atomic E-state index is -0.127. The van der Waals surface area contributed by atoms with E-state index in [2.05, 4.69) is 18.0 Å². The molecule has 0 amide bonds. The van der Waals surface area contributed by atoms with E-state index in [1.807, 2.05) is 18.2 Å². The molecule has 0 aliphatic carbocycles. The number of rotatable bonds is 0. The summed E-state index contributed by atoms with van der Waals surface area (Å²) in [5.41, 5.74) is 2.11. The van der Waals surface area contributed by atoms with Crippen molar-refractivity contribution in [1.29, 1.82) is 0 Å². The topological polar surface area (TPSA) is 29.4 Å². The van der Waals surface area contributed by atoms with Crippen LogP contribution in [0.3, 0.4) is 0 Å². The van der Waals surface area contributed by atoms with Gasteiger partial charge in [-0.15, -0.1) is 0 Å². The summed E-state index contributed by atoms with van der Waals surface area (Å²) < 4.78 is 0. The summed E-state index contributed by atoms with van der Waals surface area (Å²) in [7, 11) is 0. The van der Waals surface area contributed by atoms with E-state index in [1.165, 1.54) is 17.3 Å². The molecule has 1 saturated heterocycles. The maximum Gasteiger partial charge on any atom is 0.196 e. The summed E-state index contributed by atoms with van der Waals surface area (Å²) in [5, 5.41) is 1.21. The van der Waals surface area contributed by atoms with E-state index in [-0.39, 0.29) is 10.5 Å². The highest BCUT2D eigenvalue weighted by atomic mass is 32.2. The fraction of sp³-hybridized carbons (Fsp3) is 0.273. The van der Waals surface area contributed by atoms with Gasteiger partial charge in [0, 0.05) is 6.42 Å². The summed E-state index contributed by atoms with van der Waals surface area (Å²) >= 11 is 1.30. The Kier molecular flexibility index (Phi) is 1.46. The molecule has 0 unspecified atom stereocenters. The zero-order valence-corrected chi connectivity index (χ0v) is 8.60. The SMILES string of the molecule is C[C@]12CC(=O)SC1=Nc1ccccc12. The van der Waals surface area contributed by atoms with Gasteiger partial charge in [0.2, 0.25) is 0 Å². The monoisotopic (exact) mass is 203 g/mol. The number of thioether (sulfide) groups is 1. The van der Waals surface area contributed by atoms with Crippen LogP contribution in [0, 0.1) is 0 Å². The Morgan fingerprint density at radius 3 is 3.07 bits per heavy atom. The van der Waals surface area contributed by atoms with Crippen molar-refractivity contribution in [3.05, 3.63) is 29.8 Å². The van der Waals surface area contributed by atoms with Crippen molar-refractivity contribution in [3.8, 4) is 0 Å². The van der Waals surface area contributed by atoms with Gasteiger partial charge in [-0.1, -0.05) is 18.2 Å². The Bertz CT molecular complexity index is 466. The van der Waals surface area contributed by atoms with Gasteiger partial charge in [-0.3, -0.25) is 4.79 Å². The first-order chi connectivity index (χ1) is 6.70. The first-order valence-corrected chi connectivity index (χ1v) is 5.41. The molecule has 0 spiro atoms. The van der Waals surface area contributed by atoms with E-state index < -0.39 is 0 Å². The van der Waals surface area contributed by atoms with Crippen molar-refractivity contribution in [2.24, 2.45) is 4.99 Å². The highest BCUT2D eigenvalue weighted by molar-refractivity contribution is 8.27. The maximum atomic E-state index is 11.4. The molecule has 3 rings (SSSR count). The smallest absolute Gasteiger partial charge is 0.196 e. The zero-order valence-electron chi connectivity index (χ0n) is 7.78. The fourth-order valence-corrected chi connectivity index (χ4v) is 3.25. The van der Waals surface area contributed by atoms with Gasteiger partial charge in [0.25, 0.3) is 0 Å². The average molecular weight is 203 g/mol. The van der Waals surface area contributed by atoms with Crippen molar-refractivity contribution >= 4 is 27.6 Å². The van der Waals surface area contributed by atoms with Crippen molar-refractivity contribution in [2.75, 3.05) is 0 Å². The lowest BCUT2D eigenvalue weighted by Crippen LogP contribution is -2.22. The number of benzene rings is 1. The van der Waals surface area contributed by atoms with Gasteiger partial charge < -0.3 is 0 Å². The standard InChI is InChI=1S/C11H9NOS/c1-11-6-9(13)14-10(11)12-8-5-3-2-4-7(8)11/h2-5H,6H2,1H3/t11-/m1/s1. The van der Waals surface area contributed by atoms with E-state index in [4.69, 9.17) is 0 Å². The van der Waals surface area contributed by atoms with Gasteiger partial charge in [0.15, 0.2) is 5.12 Å². The second-order valence-corrected chi connectivity index (χ2v) is 4.96. The van der Waals surface area contributed by atoms with Crippen LogP contribution < -0.4 is 0 Å². The summed E-state index contributed by atoms with van der Waals surface area (Å²) in [6.45, 7) is 2.11. The predicted octanol–water partition coefficient (Wildman–Crippen LogP) is 2.65. The van der Waals surface area contributed by atoms with Crippen molar-refractivity contribution in [1.82, 2.24) is 0 Å². The molecule has 2 aliphatic heterocycles. The molecule has 0 radical (unpaired) electrons. The molecule has 14 heavy (non-hydrogen) atoms. The number of para-hydroxylation sites is 1. The lowest BCUT2D eigenvalue weighted by Gasteiger charge is -2.18. The van der Waals surface area contributed by atoms with E-state index in [1.54, 1.807) is 0 Å².